The Morgan fingerprint density at radius 3 is 2.69 bits per heavy atom. The number of thiazole rings is 1. The van der Waals surface area contributed by atoms with Crippen LogP contribution in [0.25, 0.3) is 16.0 Å². The summed E-state index contributed by atoms with van der Waals surface area (Å²) in [7, 11) is 0. The van der Waals surface area contributed by atoms with Gasteiger partial charge in [-0.25, -0.2) is 4.98 Å². The molecule has 4 aromatic rings. The van der Waals surface area contributed by atoms with Crippen LogP contribution >= 0.6 is 22.9 Å². The van der Waals surface area contributed by atoms with Crippen LogP contribution in [0.2, 0.25) is 5.02 Å². The van der Waals surface area contributed by atoms with E-state index < -0.39 is 17.7 Å². The van der Waals surface area contributed by atoms with E-state index in [-0.39, 0.29) is 11.3 Å². The van der Waals surface area contributed by atoms with Crippen LogP contribution in [-0.2, 0) is 9.59 Å². The number of aliphatic hydroxyl groups is 1. The van der Waals surface area contributed by atoms with Gasteiger partial charge in [0.15, 0.2) is 5.13 Å². The molecule has 8 heteroatoms. The van der Waals surface area contributed by atoms with E-state index in [1.807, 2.05) is 32.0 Å². The zero-order chi connectivity index (χ0) is 25.4. The Bertz CT molecular complexity index is 1530. The maximum Gasteiger partial charge on any atom is 0.301 e. The molecule has 1 fully saturated rings. The summed E-state index contributed by atoms with van der Waals surface area (Å²) in [5.74, 6) is -1.25. The van der Waals surface area contributed by atoms with Gasteiger partial charge in [0.2, 0.25) is 0 Å². The third-order valence-corrected chi connectivity index (χ3v) is 7.18. The van der Waals surface area contributed by atoms with E-state index in [1.165, 1.54) is 16.2 Å². The number of hydrogen-bond acceptors (Lipinski definition) is 6. The number of halogens is 1. The van der Waals surface area contributed by atoms with Gasteiger partial charge in [-0.15, -0.1) is 0 Å². The van der Waals surface area contributed by atoms with Gasteiger partial charge in [0.05, 0.1) is 28.4 Å². The van der Waals surface area contributed by atoms with Crippen molar-refractivity contribution in [1.82, 2.24) is 4.98 Å². The predicted octanol–water partition coefficient (Wildman–Crippen LogP) is 6.67. The number of aromatic nitrogens is 1. The van der Waals surface area contributed by atoms with E-state index in [0.29, 0.717) is 33.6 Å². The summed E-state index contributed by atoms with van der Waals surface area (Å²) in [6.45, 7) is 4.50. The van der Waals surface area contributed by atoms with Gasteiger partial charge in [0.1, 0.15) is 11.5 Å². The second-order valence-electron chi connectivity index (χ2n) is 8.57. The summed E-state index contributed by atoms with van der Waals surface area (Å²) in [6.07, 6.45) is 0.831. The van der Waals surface area contributed by atoms with Crippen molar-refractivity contribution >= 4 is 55.7 Å². The maximum absolute atomic E-state index is 13.4. The summed E-state index contributed by atoms with van der Waals surface area (Å²) in [4.78, 5) is 32.8. The van der Waals surface area contributed by atoms with Crippen LogP contribution in [0.1, 0.15) is 36.1 Å². The summed E-state index contributed by atoms with van der Waals surface area (Å²) < 4.78 is 6.60. The highest BCUT2D eigenvalue weighted by Crippen LogP contribution is 2.44. The van der Waals surface area contributed by atoms with Crippen LogP contribution in [0.15, 0.2) is 72.3 Å². The number of ether oxygens (including phenoxy) is 1. The Morgan fingerprint density at radius 2 is 1.92 bits per heavy atom. The number of aryl methyl sites for hydroxylation is 1. The van der Waals surface area contributed by atoms with Crippen LogP contribution in [0.5, 0.6) is 5.75 Å². The Hall–Kier alpha value is -3.68. The van der Waals surface area contributed by atoms with Gasteiger partial charge in [-0.1, -0.05) is 60.2 Å². The number of rotatable bonds is 6. The molecule has 182 valence electrons. The number of anilines is 1. The number of amides is 1. The third-order valence-electron chi connectivity index (χ3n) is 5.93. The summed E-state index contributed by atoms with van der Waals surface area (Å²) >= 11 is 7.61. The van der Waals surface area contributed by atoms with Crippen LogP contribution < -0.4 is 9.64 Å². The molecule has 1 amide bonds. The topological polar surface area (TPSA) is 79.7 Å². The first-order chi connectivity index (χ1) is 17.4. The number of nitrogens with zero attached hydrogens (tertiary/aromatic N) is 2. The number of benzene rings is 3. The van der Waals surface area contributed by atoms with Crippen molar-refractivity contribution in [3.63, 3.8) is 0 Å². The Morgan fingerprint density at radius 1 is 1.11 bits per heavy atom. The molecule has 1 aliphatic heterocycles. The van der Waals surface area contributed by atoms with Crippen molar-refractivity contribution in [2.24, 2.45) is 0 Å². The summed E-state index contributed by atoms with van der Waals surface area (Å²) in [6, 6.07) is 18.7. The second kappa shape index (κ2) is 9.76. The monoisotopic (exact) mass is 518 g/mol. The molecule has 1 N–H and O–H groups in total. The largest absolute Gasteiger partial charge is 0.507 e. The molecule has 1 aromatic heterocycles. The third kappa shape index (κ3) is 4.36. The molecule has 1 atom stereocenters. The van der Waals surface area contributed by atoms with Crippen LogP contribution in [0.4, 0.5) is 5.13 Å². The second-order valence-corrected chi connectivity index (χ2v) is 10.0. The minimum Gasteiger partial charge on any atom is -0.507 e. The van der Waals surface area contributed by atoms with Crippen LogP contribution in [-0.4, -0.2) is 28.4 Å². The molecule has 6 nitrogen and oxygen atoms in total. The van der Waals surface area contributed by atoms with Crippen LogP contribution in [0, 0.1) is 6.92 Å². The molecule has 0 spiro atoms. The molecule has 5 rings (SSSR count). The molecule has 1 unspecified atom stereocenters. The molecule has 0 bridgehead atoms. The predicted molar refractivity (Wildman–Crippen MR) is 143 cm³/mol. The molecule has 0 saturated carbocycles. The quantitative estimate of drug-likeness (QED) is 0.175. The van der Waals surface area contributed by atoms with Gasteiger partial charge in [-0.3, -0.25) is 14.5 Å². The summed E-state index contributed by atoms with van der Waals surface area (Å²) in [5.41, 5.74) is 2.75. The number of carbonyl (C=O) groups excluding carboxylic acids is 2. The van der Waals surface area contributed by atoms with Crippen molar-refractivity contribution in [2.75, 3.05) is 11.5 Å². The molecular weight excluding hydrogens is 496 g/mol. The van der Waals surface area contributed by atoms with E-state index in [2.05, 4.69) is 4.98 Å². The normalized spacial score (nSPS) is 17.2. The zero-order valence-corrected chi connectivity index (χ0v) is 21.3. The Balaban J connectivity index is 1.69. The van der Waals surface area contributed by atoms with Gasteiger partial charge >= 0.3 is 5.91 Å². The fourth-order valence-corrected chi connectivity index (χ4v) is 5.54. The number of ketones is 1. The smallest absolute Gasteiger partial charge is 0.301 e. The lowest BCUT2D eigenvalue weighted by molar-refractivity contribution is -0.132. The van der Waals surface area contributed by atoms with Gasteiger partial charge in [-0.05, 0) is 60.9 Å². The maximum atomic E-state index is 13.4. The standard InChI is InChI=1S/C28H23ClN2O4S/c1-3-12-35-20-9-5-7-18(15-20)25(32)23-24(17-6-4-8-19(29)14-17)31(27(34)26(23)33)28-30-21-11-10-16(2)13-22(21)36-28/h4-11,13-15,24,32H,3,12H2,1-2H3/b25-23+. The first-order valence-corrected chi connectivity index (χ1v) is 12.7. The molecule has 2 heterocycles. The lowest BCUT2D eigenvalue weighted by Crippen LogP contribution is -2.29. The van der Waals surface area contributed by atoms with Gasteiger partial charge in [-0.2, -0.15) is 0 Å². The first kappa shape index (κ1) is 24.0. The number of aliphatic hydroxyl groups excluding tert-OH is 1. The molecule has 0 aliphatic carbocycles. The highest BCUT2D eigenvalue weighted by molar-refractivity contribution is 7.22. The average Bonchev–Trinajstić information content (AvgIpc) is 3.40. The van der Waals surface area contributed by atoms with E-state index in [1.54, 1.807) is 48.5 Å². The SMILES string of the molecule is CCCOc1cccc(/C(O)=C2\C(=O)C(=O)N(c3nc4ccc(C)cc4s3)C2c2cccc(Cl)c2)c1. The van der Waals surface area contributed by atoms with Gasteiger partial charge in [0, 0.05) is 10.6 Å². The van der Waals surface area contributed by atoms with Gasteiger partial charge in [0.25, 0.3) is 5.78 Å². The fourth-order valence-electron chi connectivity index (χ4n) is 4.25. The Labute approximate surface area is 217 Å². The highest BCUT2D eigenvalue weighted by atomic mass is 35.5. The van der Waals surface area contributed by atoms with Crippen molar-refractivity contribution in [1.29, 1.82) is 0 Å². The average molecular weight is 519 g/mol. The Kier molecular flexibility index (Phi) is 6.51. The minimum atomic E-state index is -0.898. The zero-order valence-electron chi connectivity index (χ0n) is 19.7. The fraction of sp³-hybridized carbons (Fsp3) is 0.179. The lowest BCUT2D eigenvalue weighted by atomic mass is 9.95. The van der Waals surface area contributed by atoms with Crippen molar-refractivity contribution < 1.29 is 19.4 Å². The van der Waals surface area contributed by atoms with E-state index in [9.17, 15) is 14.7 Å². The number of hydrogen-bond donors (Lipinski definition) is 1. The minimum absolute atomic E-state index is 0.0228. The van der Waals surface area contributed by atoms with Crippen molar-refractivity contribution in [3.05, 3.63) is 94.0 Å². The molecule has 1 saturated heterocycles. The molecule has 36 heavy (non-hydrogen) atoms. The molecule has 0 radical (unpaired) electrons. The summed E-state index contributed by atoms with van der Waals surface area (Å²) in [5, 5.41) is 12.2. The van der Waals surface area contributed by atoms with E-state index in [0.717, 1.165) is 22.2 Å². The van der Waals surface area contributed by atoms with E-state index >= 15 is 0 Å². The molecule has 3 aromatic carbocycles. The molecular formula is C28H23ClN2O4S. The number of Topliss-reactive ketones (excluding diaryl/α,β-unsaturated/α-hetero) is 1. The van der Waals surface area contributed by atoms with Crippen LogP contribution in [0.3, 0.4) is 0 Å². The number of fused-ring (bicyclic) bond motifs is 1. The number of carbonyl (C=O) groups is 2. The van der Waals surface area contributed by atoms with Crippen molar-refractivity contribution in [3.8, 4) is 5.75 Å². The highest BCUT2D eigenvalue weighted by Gasteiger charge is 2.48. The van der Waals surface area contributed by atoms with Crippen molar-refractivity contribution in [2.45, 2.75) is 26.3 Å². The first-order valence-electron chi connectivity index (χ1n) is 11.5. The lowest BCUT2D eigenvalue weighted by Gasteiger charge is -2.23. The van der Waals surface area contributed by atoms with E-state index in [4.69, 9.17) is 16.3 Å². The molecule has 1 aliphatic rings. The van der Waals surface area contributed by atoms with Gasteiger partial charge < -0.3 is 9.84 Å².